The lowest BCUT2D eigenvalue weighted by molar-refractivity contribution is -0.119. The van der Waals surface area contributed by atoms with Crippen molar-refractivity contribution < 1.29 is 13.6 Å². The molecule has 2 saturated carbocycles. The minimum absolute atomic E-state index is 0.0273. The van der Waals surface area contributed by atoms with Gasteiger partial charge in [-0.1, -0.05) is 18.2 Å². The van der Waals surface area contributed by atoms with Crippen molar-refractivity contribution in [1.29, 1.82) is 0 Å². The van der Waals surface area contributed by atoms with E-state index in [1.54, 1.807) is 12.3 Å². The highest BCUT2D eigenvalue weighted by Gasteiger charge is 2.42. The lowest BCUT2D eigenvalue weighted by Crippen LogP contribution is -2.40. The second-order valence-corrected chi connectivity index (χ2v) is 8.17. The first-order valence-corrected chi connectivity index (χ1v) is 9.89. The Morgan fingerprint density at radius 3 is 2.96 bits per heavy atom. The molecule has 2 bridgehead atoms. The van der Waals surface area contributed by atoms with Gasteiger partial charge < -0.3 is 14.2 Å². The van der Waals surface area contributed by atoms with Gasteiger partial charge >= 0.3 is 0 Å². The SMILES string of the molecule is Cc1occc1-c1nnc(SCC(=O)NC(C)C2CC3CCC2C3)o1. The number of carbonyl (C=O) groups excluding carboxylic acids is 1. The zero-order valence-electron chi connectivity index (χ0n) is 14.5. The highest BCUT2D eigenvalue weighted by atomic mass is 32.2. The van der Waals surface area contributed by atoms with Crippen LogP contribution in [-0.2, 0) is 4.79 Å². The van der Waals surface area contributed by atoms with E-state index in [0.717, 1.165) is 23.2 Å². The Hall–Kier alpha value is -1.76. The normalized spacial score (nSPS) is 26.1. The molecule has 2 fully saturated rings. The lowest BCUT2D eigenvalue weighted by Gasteiger charge is -2.28. The van der Waals surface area contributed by atoms with Crippen LogP contribution in [0.2, 0.25) is 0 Å². The Labute approximate surface area is 151 Å². The van der Waals surface area contributed by atoms with Crippen LogP contribution >= 0.6 is 11.8 Å². The van der Waals surface area contributed by atoms with E-state index < -0.39 is 0 Å². The van der Waals surface area contributed by atoms with Crippen molar-refractivity contribution in [2.45, 2.75) is 50.8 Å². The van der Waals surface area contributed by atoms with E-state index in [-0.39, 0.29) is 17.7 Å². The van der Waals surface area contributed by atoms with Crippen molar-refractivity contribution >= 4 is 17.7 Å². The Kier molecular flexibility index (Phi) is 4.58. The van der Waals surface area contributed by atoms with Crippen LogP contribution in [0.5, 0.6) is 0 Å². The molecule has 2 aliphatic carbocycles. The van der Waals surface area contributed by atoms with Crippen molar-refractivity contribution in [1.82, 2.24) is 15.5 Å². The predicted octanol–water partition coefficient (Wildman–Crippen LogP) is 3.67. The van der Waals surface area contributed by atoms with Gasteiger partial charge in [0.15, 0.2) is 0 Å². The second kappa shape index (κ2) is 6.86. The van der Waals surface area contributed by atoms with E-state index in [1.807, 2.05) is 6.92 Å². The largest absolute Gasteiger partial charge is 0.469 e. The molecule has 1 amide bonds. The summed E-state index contributed by atoms with van der Waals surface area (Å²) in [5.74, 6) is 3.82. The molecule has 1 N–H and O–H groups in total. The van der Waals surface area contributed by atoms with Crippen LogP contribution in [0.25, 0.3) is 11.5 Å². The van der Waals surface area contributed by atoms with Crippen molar-refractivity contribution in [2.75, 3.05) is 5.75 Å². The van der Waals surface area contributed by atoms with Crippen LogP contribution in [0, 0.1) is 24.7 Å². The smallest absolute Gasteiger partial charge is 0.277 e. The molecule has 4 unspecified atom stereocenters. The third kappa shape index (κ3) is 3.47. The third-order valence-corrected chi connectivity index (χ3v) is 6.46. The molecule has 0 spiro atoms. The quantitative estimate of drug-likeness (QED) is 0.791. The molecule has 134 valence electrons. The number of carbonyl (C=O) groups is 1. The summed E-state index contributed by atoms with van der Waals surface area (Å²) in [6.45, 7) is 3.98. The molecular weight excluding hydrogens is 338 g/mol. The number of amides is 1. The first-order chi connectivity index (χ1) is 12.1. The topological polar surface area (TPSA) is 81.2 Å². The number of aromatic nitrogens is 2. The molecule has 0 aliphatic heterocycles. The molecule has 2 aliphatic rings. The summed E-state index contributed by atoms with van der Waals surface area (Å²) in [5, 5.41) is 11.6. The average Bonchev–Trinajstić information content (AvgIpc) is 3.36. The average molecular weight is 361 g/mol. The summed E-state index contributed by atoms with van der Waals surface area (Å²) >= 11 is 1.27. The minimum atomic E-state index is 0.0273. The van der Waals surface area contributed by atoms with Crippen molar-refractivity contribution in [2.24, 2.45) is 17.8 Å². The van der Waals surface area contributed by atoms with Gasteiger partial charge in [-0.25, -0.2) is 0 Å². The molecule has 4 atom stereocenters. The number of hydrogen-bond acceptors (Lipinski definition) is 6. The van der Waals surface area contributed by atoms with Gasteiger partial charge in [-0.15, -0.1) is 10.2 Å². The lowest BCUT2D eigenvalue weighted by atomic mass is 9.84. The zero-order chi connectivity index (χ0) is 17.4. The van der Waals surface area contributed by atoms with Crippen molar-refractivity contribution in [3.8, 4) is 11.5 Å². The molecule has 2 aromatic heterocycles. The maximum Gasteiger partial charge on any atom is 0.277 e. The molecule has 0 saturated heterocycles. The Bertz CT molecular complexity index is 756. The first-order valence-electron chi connectivity index (χ1n) is 8.90. The third-order valence-electron chi connectivity index (χ3n) is 5.65. The van der Waals surface area contributed by atoms with Gasteiger partial charge in [-0.05, 0) is 56.9 Å². The van der Waals surface area contributed by atoms with Crippen LogP contribution in [-0.4, -0.2) is 27.9 Å². The summed E-state index contributed by atoms with van der Waals surface area (Å²) in [4.78, 5) is 12.2. The Morgan fingerprint density at radius 2 is 2.28 bits per heavy atom. The Morgan fingerprint density at radius 1 is 1.40 bits per heavy atom. The fourth-order valence-corrected chi connectivity index (χ4v) is 4.99. The molecule has 2 aromatic rings. The van der Waals surface area contributed by atoms with Crippen LogP contribution < -0.4 is 5.32 Å². The monoisotopic (exact) mass is 361 g/mol. The summed E-state index contributed by atoms with van der Waals surface area (Å²) in [5.41, 5.74) is 0.786. The second-order valence-electron chi connectivity index (χ2n) is 7.25. The van der Waals surface area contributed by atoms with Crippen molar-refractivity contribution in [3.63, 3.8) is 0 Å². The molecular formula is C18H23N3O3S. The fraction of sp³-hybridized carbons (Fsp3) is 0.611. The van der Waals surface area contributed by atoms with E-state index in [1.165, 1.54) is 37.4 Å². The van der Waals surface area contributed by atoms with Crippen LogP contribution in [0.1, 0.15) is 38.4 Å². The van der Waals surface area contributed by atoms with Gasteiger partial charge in [0.2, 0.25) is 5.91 Å². The van der Waals surface area contributed by atoms with Crippen molar-refractivity contribution in [3.05, 3.63) is 18.1 Å². The minimum Gasteiger partial charge on any atom is -0.469 e. The van der Waals surface area contributed by atoms with Crippen LogP contribution in [0.3, 0.4) is 0 Å². The van der Waals surface area contributed by atoms with Gasteiger partial charge in [-0.3, -0.25) is 4.79 Å². The van der Waals surface area contributed by atoms with Crippen LogP contribution in [0.4, 0.5) is 0 Å². The Balaban J connectivity index is 1.28. The number of furan rings is 1. The summed E-state index contributed by atoms with van der Waals surface area (Å²) in [6.07, 6.45) is 6.94. The van der Waals surface area contributed by atoms with Gasteiger partial charge in [0.1, 0.15) is 5.76 Å². The van der Waals surface area contributed by atoms with Gasteiger partial charge in [0, 0.05) is 6.04 Å². The van der Waals surface area contributed by atoms with E-state index in [2.05, 4.69) is 22.4 Å². The molecule has 0 radical (unpaired) electrons. The number of fused-ring (bicyclic) bond motifs is 2. The van der Waals surface area contributed by atoms with E-state index in [4.69, 9.17) is 8.83 Å². The van der Waals surface area contributed by atoms with Crippen LogP contribution in [0.15, 0.2) is 26.4 Å². The zero-order valence-corrected chi connectivity index (χ0v) is 15.3. The number of thioether (sulfide) groups is 1. The number of aryl methyl sites for hydroxylation is 1. The van der Waals surface area contributed by atoms with Gasteiger partial charge in [0.25, 0.3) is 11.1 Å². The number of nitrogens with zero attached hydrogens (tertiary/aromatic N) is 2. The van der Waals surface area contributed by atoms with Gasteiger partial charge in [-0.2, -0.15) is 0 Å². The highest BCUT2D eigenvalue weighted by Crippen LogP contribution is 2.49. The fourth-order valence-electron chi connectivity index (χ4n) is 4.42. The standard InChI is InChI=1S/C18H23N3O3S/c1-10(15-8-12-3-4-13(15)7-12)19-16(22)9-25-18-21-20-17(24-18)14-5-6-23-11(14)2/h5-6,10,12-13,15H,3-4,7-9H2,1-2H3,(H,19,22). The molecule has 25 heavy (non-hydrogen) atoms. The van der Waals surface area contributed by atoms with E-state index >= 15 is 0 Å². The molecule has 0 aromatic carbocycles. The maximum atomic E-state index is 12.2. The first kappa shape index (κ1) is 16.7. The highest BCUT2D eigenvalue weighted by molar-refractivity contribution is 7.99. The molecule has 6 nitrogen and oxygen atoms in total. The molecule has 2 heterocycles. The molecule has 7 heteroatoms. The van der Waals surface area contributed by atoms with E-state index in [0.29, 0.717) is 17.0 Å². The molecule has 4 rings (SSSR count). The number of nitrogens with one attached hydrogen (secondary N) is 1. The number of hydrogen-bond donors (Lipinski definition) is 1. The summed E-state index contributed by atoms with van der Waals surface area (Å²) in [6, 6.07) is 2.04. The number of rotatable bonds is 6. The van der Waals surface area contributed by atoms with E-state index in [9.17, 15) is 4.79 Å². The predicted molar refractivity (Wildman–Crippen MR) is 94.0 cm³/mol. The van der Waals surface area contributed by atoms with Gasteiger partial charge in [0.05, 0.1) is 17.6 Å². The summed E-state index contributed by atoms with van der Waals surface area (Å²) < 4.78 is 10.8. The maximum absolute atomic E-state index is 12.2. The summed E-state index contributed by atoms with van der Waals surface area (Å²) in [7, 11) is 0.